The Morgan fingerprint density at radius 3 is 2.49 bits per heavy atom. The van der Waals surface area contributed by atoms with Gasteiger partial charge in [0.1, 0.15) is 10.8 Å². The van der Waals surface area contributed by atoms with Crippen LogP contribution >= 0.6 is 11.3 Å². The standard InChI is InChI=1S/C26H29FN4O3S/c1-4-5-10-31(24(32)20-8-6-7-9-22(20)27)26-29-28-23(35-26)18-11-16(2)21(17(3)12-18)15-30-13-19(14-30)25(33)34/h6-9,11-12,19H,4-5,10,13-15H2,1-3H3,(H,33,34). The number of likely N-dealkylation sites (tertiary alicyclic amines) is 1. The Morgan fingerprint density at radius 2 is 1.86 bits per heavy atom. The van der Waals surface area contributed by atoms with Crippen molar-refractivity contribution < 1.29 is 19.1 Å². The summed E-state index contributed by atoms with van der Waals surface area (Å²) in [5, 5.41) is 18.9. The van der Waals surface area contributed by atoms with Crippen molar-refractivity contribution in [1.29, 1.82) is 0 Å². The molecule has 184 valence electrons. The van der Waals surface area contributed by atoms with E-state index < -0.39 is 17.7 Å². The molecule has 1 aliphatic heterocycles. The van der Waals surface area contributed by atoms with Gasteiger partial charge in [-0.3, -0.25) is 19.4 Å². The van der Waals surface area contributed by atoms with Gasteiger partial charge < -0.3 is 5.11 Å². The molecule has 1 fully saturated rings. The van der Waals surface area contributed by atoms with Crippen LogP contribution in [0.5, 0.6) is 0 Å². The molecule has 3 aromatic rings. The van der Waals surface area contributed by atoms with E-state index >= 15 is 0 Å². The Hall–Kier alpha value is -3.17. The molecular weight excluding hydrogens is 467 g/mol. The summed E-state index contributed by atoms with van der Waals surface area (Å²) in [6.07, 6.45) is 1.65. The molecule has 4 rings (SSSR count). The summed E-state index contributed by atoms with van der Waals surface area (Å²) in [6.45, 7) is 8.40. The first kappa shape index (κ1) is 24.9. The number of rotatable bonds is 9. The number of carbonyl (C=O) groups is 2. The monoisotopic (exact) mass is 496 g/mol. The molecule has 1 saturated heterocycles. The molecule has 2 aromatic carbocycles. The third-order valence-corrected chi connectivity index (χ3v) is 7.36. The molecule has 0 spiro atoms. The summed E-state index contributed by atoms with van der Waals surface area (Å²) >= 11 is 1.31. The van der Waals surface area contributed by atoms with Crippen LogP contribution in [0.25, 0.3) is 10.6 Å². The summed E-state index contributed by atoms with van der Waals surface area (Å²) in [6, 6.07) is 10.1. The van der Waals surface area contributed by atoms with Crippen molar-refractivity contribution in [3.8, 4) is 10.6 Å². The van der Waals surface area contributed by atoms with Crippen molar-refractivity contribution in [1.82, 2.24) is 15.1 Å². The smallest absolute Gasteiger partial charge is 0.309 e. The summed E-state index contributed by atoms with van der Waals surface area (Å²) in [5.74, 6) is -1.99. The highest BCUT2D eigenvalue weighted by molar-refractivity contribution is 7.18. The lowest BCUT2D eigenvalue weighted by Gasteiger charge is -2.37. The zero-order chi connectivity index (χ0) is 25.1. The molecule has 1 amide bonds. The van der Waals surface area contributed by atoms with E-state index in [-0.39, 0.29) is 11.5 Å². The highest BCUT2D eigenvalue weighted by Gasteiger charge is 2.32. The average Bonchev–Trinajstić information content (AvgIpc) is 3.27. The topological polar surface area (TPSA) is 86.6 Å². The molecule has 0 radical (unpaired) electrons. The van der Waals surface area contributed by atoms with Gasteiger partial charge in [0, 0.05) is 31.7 Å². The molecule has 1 N–H and O–H groups in total. The second-order valence-electron chi connectivity index (χ2n) is 9.00. The molecule has 0 unspecified atom stereocenters. The maximum atomic E-state index is 14.3. The van der Waals surface area contributed by atoms with Crippen LogP contribution < -0.4 is 4.90 Å². The zero-order valence-corrected chi connectivity index (χ0v) is 20.9. The minimum atomic E-state index is -0.737. The number of amides is 1. The largest absolute Gasteiger partial charge is 0.481 e. The number of carbonyl (C=O) groups excluding carboxylic acids is 1. The summed E-state index contributed by atoms with van der Waals surface area (Å²) in [5.41, 5.74) is 4.31. The number of hydrogen-bond acceptors (Lipinski definition) is 6. The van der Waals surface area contributed by atoms with Crippen molar-refractivity contribution in [2.75, 3.05) is 24.5 Å². The van der Waals surface area contributed by atoms with Crippen molar-refractivity contribution in [3.63, 3.8) is 0 Å². The lowest BCUT2D eigenvalue weighted by atomic mass is 9.95. The Bertz CT molecular complexity index is 1220. The number of carboxylic acid groups (broad SMARTS) is 1. The van der Waals surface area contributed by atoms with Gasteiger partial charge in [-0.2, -0.15) is 0 Å². The fourth-order valence-corrected chi connectivity index (χ4v) is 5.12. The Balaban J connectivity index is 1.56. The Morgan fingerprint density at radius 1 is 1.17 bits per heavy atom. The molecule has 1 aromatic heterocycles. The Labute approximate surface area is 208 Å². The number of nitrogens with zero attached hydrogens (tertiary/aromatic N) is 4. The third-order valence-electron chi connectivity index (χ3n) is 6.36. The number of aliphatic carboxylic acids is 1. The van der Waals surface area contributed by atoms with Gasteiger partial charge in [-0.15, -0.1) is 10.2 Å². The molecule has 9 heteroatoms. The number of hydrogen-bond donors (Lipinski definition) is 1. The second-order valence-corrected chi connectivity index (χ2v) is 9.95. The summed E-state index contributed by atoms with van der Waals surface area (Å²) in [4.78, 5) is 27.9. The van der Waals surface area contributed by atoms with E-state index in [0.717, 1.165) is 29.5 Å². The molecule has 0 atom stereocenters. The van der Waals surface area contributed by atoms with Crippen LogP contribution in [0.1, 0.15) is 46.8 Å². The van der Waals surface area contributed by atoms with E-state index in [9.17, 15) is 14.0 Å². The van der Waals surface area contributed by atoms with E-state index in [4.69, 9.17) is 5.11 Å². The van der Waals surface area contributed by atoms with Crippen molar-refractivity contribution >= 4 is 28.3 Å². The molecule has 2 heterocycles. The van der Waals surface area contributed by atoms with E-state index in [0.29, 0.717) is 36.3 Å². The van der Waals surface area contributed by atoms with Crippen molar-refractivity contribution in [2.24, 2.45) is 5.92 Å². The number of carboxylic acids is 1. The number of aromatic nitrogens is 2. The van der Waals surface area contributed by atoms with E-state index in [2.05, 4.69) is 27.2 Å². The SMILES string of the molecule is CCCCN(C(=O)c1ccccc1F)c1nnc(-c2cc(C)c(CN3CC(C(=O)O)C3)c(C)c2)s1. The predicted molar refractivity (Wildman–Crippen MR) is 134 cm³/mol. The van der Waals surface area contributed by atoms with Gasteiger partial charge in [-0.05, 0) is 61.2 Å². The maximum absolute atomic E-state index is 14.3. The fraction of sp³-hybridized carbons (Fsp3) is 0.385. The molecular formula is C26H29FN4O3S. The molecule has 0 bridgehead atoms. The molecule has 7 nitrogen and oxygen atoms in total. The van der Waals surface area contributed by atoms with Crippen LogP contribution in [-0.2, 0) is 11.3 Å². The molecule has 1 aliphatic rings. The first-order valence-electron chi connectivity index (χ1n) is 11.7. The van der Waals surface area contributed by atoms with Crippen LogP contribution in [-0.4, -0.2) is 51.7 Å². The van der Waals surface area contributed by atoms with E-state index in [1.54, 1.807) is 12.1 Å². The predicted octanol–water partition coefficient (Wildman–Crippen LogP) is 4.92. The Kier molecular flexibility index (Phi) is 7.57. The van der Waals surface area contributed by atoms with Crippen LogP contribution in [0.2, 0.25) is 0 Å². The second kappa shape index (κ2) is 10.6. The minimum absolute atomic E-state index is 0.0209. The van der Waals surface area contributed by atoms with Crippen molar-refractivity contribution in [2.45, 2.75) is 40.2 Å². The van der Waals surface area contributed by atoms with Crippen molar-refractivity contribution in [3.05, 3.63) is 64.5 Å². The quantitative estimate of drug-likeness (QED) is 0.452. The molecule has 35 heavy (non-hydrogen) atoms. The van der Waals surface area contributed by atoms with Gasteiger partial charge in [0.2, 0.25) is 5.13 Å². The molecule has 0 saturated carbocycles. The minimum Gasteiger partial charge on any atom is -0.481 e. The van der Waals surface area contributed by atoms with Gasteiger partial charge in [0.25, 0.3) is 5.91 Å². The van der Waals surface area contributed by atoms with Gasteiger partial charge in [0.05, 0.1) is 11.5 Å². The summed E-state index contributed by atoms with van der Waals surface area (Å²) in [7, 11) is 0. The number of anilines is 1. The number of unbranched alkanes of at least 4 members (excludes halogenated alkanes) is 1. The van der Waals surface area contributed by atoms with Crippen LogP contribution in [0, 0.1) is 25.6 Å². The number of aryl methyl sites for hydroxylation is 2. The lowest BCUT2D eigenvalue weighted by Crippen LogP contribution is -2.49. The number of benzene rings is 2. The van der Waals surface area contributed by atoms with Crippen LogP contribution in [0.4, 0.5) is 9.52 Å². The van der Waals surface area contributed by atoms with E-state index in [1.165, 1.54) is 33.9 Å². The van der Waals surface area contributed by atoms with Gasteiger partial charge in [-0.1, -0.05) is 36.8 Å². The van der Waals surface area contributed by atoms with Gasteiger partial charge in [-0.25, -0.2) is 4.39 Å². The normalized spacial score (nSPS) is 14.1. The lowest BCUT2D eigenvalue weighted by molar-refractivity contribution is -0.147. The zero-order valence-electron chi connectivity index (χ0n) is 20.1. The first-order chi connectivity index (χ1) is 16.8. The number of halogens is 1. The maximum Gasteiger partial charge on any atom is 0.309 e. The first-order valence-corrected chi connectivity index (χ1v) is 12.6. The van der Waals surface area contributed by atoms with Gasteiger partial charge >= 0.3 is 5.97 Å². The summed E-state index contributed by atoms with van der Waals surface area (Å²) < 4.78 is 14.3. The highest BCUT2D eigenvalue weighted by Crippen LogP contribution is 2.33. The average molecular weight is 497 g/mol. The fourth-order valence-electron chi connectivity index (χ4n) is 4.27. The van der Waals surface area contributed by atoms with E-state index in [1.807, 2.05) is 20.8 Å². The van der Waals surface area contributed by atoms with Crippen LogP contribution in [0.15, 0.2) is 36.4 Å². The highest BCUT2D eigenvalue weighted by atomic mass is 32.1. The van der Waals surface area contributed by atoms with Gasteiger partial charge in [0.15, 0.2) is 0 Å². The van der Waals surface area contributed by atoms with Crippen LogP contribution in [0.3, 0.4) is 0 Å². The molecule has 0 aliphatic carbocycles. The third kappa shape index (κ3) is 5.41.